The maximum Gasteiger partial charge on any atom is 0.338 e. The summed E-state index contributed by atoms with van der Waals surface area (Å²) in [5, 5.41) is 21.6. The molecule has 0 saturated carbocycles. The number of rotatable bonds is 9. The van der Waals surface area contributed by atoms with E-state index in [0.717, 1.165) is 11.0 Å². The first-order valence-electron chi connectivity index (χ1n) is 10.8. The van der Waals surface area contributed by atoms with Gasteiger partial charge in [-0.3, -0.25) is 14.2 Å². The Morgan fingerprint density at radius 3 is 2.38 bits per heavy atom. The molecule has 2 rings (SSSR count). The van der Waals surface area contributed by atoms with Crippen molar-refractivity contribution in [2.24, 2.45) is 11.3 Å². The average Bonchev–Trinajstić information content (AvgIpc) is 3.01. The summed E-state index contributed by atoms with van der Waals surface area (Å²) in [4.78, 5) is 38.0. The second kappa shape index (κ2) is 9.87. The first kappa shape index (κ1) is 26.3. The number of Topliss-reactive ketones (excluding diaryl/α,β-unsaturated/α-hetero) is 1. The summed E-state index contributed by atoms with van der Waals surface area (Å²) >= 11 is 1.51. The van der Waals surface area contributed by atoms with E-state index < -0.39 is 41.7 Å². The van der Waals surface area contributed by atoms with Crippen LogP contribution in [0.5, 0.6) is 11.6 Å². The molecule has 0 bridgehead atoms. The number of carbonyl (C=O) groups excluding carboxylic acids is 3. The molecular weight excluding hydrogens is 434 g/mol. The van der Waals surface area contributed by atoms with Gasteiger partial charge in [0.05, 0.1) is 5.69 Å². The Kier molecular flexibility index (Phi) is 8.10. The lowest BCUT2D eigenvalue weighted by molar-refractivity contribution is -0.160. The Morgan fingerprint density at radius 2 is 1.88 bits per heavy atom. The number of hydrogen-bond acceptors (Lipinski definition) is 8. The van der Waals surface area contributed by atoms with Gasteiger partial charge in [-0.1, -0.05) is 27.7 Å². The summed E-state index contributed by atoms with van der Waals surface area (Å²) in [6.45, 7) is 11.3. The molecule has 9 heteroatoms. The molecule has 2 N–H and O–H groups in total. The van der Waals surface area contributed by atoms with Crippen molar-refractivity contribution >= 4 is 29.4 Å². The van der Waals surface area contributed by atoms with Gasteiger partial charge in [0.25, 0.3) is 0 Å². The van der Waals surface area contributed by atoms with Crippen molar-refractivity contribution in [1.29, 1.82) is 0 Å². The monoisotopic (exact) mass is 469 g/mol. The molecule has 32 heavy (non-hydrogen) atoms. The van der Waals surface area contributed by atoms with Crippen molar-refractivity contribution in [1.82, 2.24) is 4.57 Å². The molecule has 1 unspecified atom stereocenters. The summed E-state index contributed by atoms with van der Waals surface area (Å²) in [6.07, 6.45) is 1.58. The van der Waals surface area contributed by atoms with Crippen molar-refractivity contribution in [2.45, 2.75) is 79.1 Å². The quantitative estimate of drug-likeness (QED) is 0.409. The first-order valence-corrected chi connectivity index (χ1v) is 12.2. The number of cyclic esters (lactones) is 1. The summed E-state index contributed by atoms with van der Waals surface area (Å²) in [5.41, 5.74) is -0.130. The first-order chi connectivity index (χ1) is 14.7. The van der Waals surface area contributed by atoms with Crippen LogP contribution in [-0.2, 0) is 20.7 Å². The zero-order valence-electron chi connectivity index (χ0n) is 20.0. The number of aromatic hydroxyl groups is 2. The third kappa shape index (κ3) is 6.28. The van der Waals surface area contributed by atoms with Crippen LogP contribution in [0.2, 0.25) is 0 Å². The number of nitrogens with zero attached hydrogens (tertiary/aromatic N) is 1. The zero-order valence-corrected chi connectivity index (χ0v) is 20.8. The molecule has 1 aliphatic heterocycles. The van der Waals surface area contributed by atoms with Crippen molar-refractivity contribution in [3.8, 4) is 11.6 Å². The van der Waals surface area contributed by atoms with Crippen LogP contribution < -0.4 is 0 Å². The molecule has 0 aromatic carbocycles. The predicted molar refractivity (Wildman–Crippen MR) is 122 cm³/mol. The minimum atomic E-state index is -1.15. The standard InChI is InChI=1S/C23H35NO7S/c1-13(12-22(2,3)4)10-17(26)24-14(8-9-32-7)19(27)18(20(24)28)15(25)11-16-21(29)31-23(5,6)30-16/h13,16,27-28H,8-12H2,1-7H3/t13?,16-/m0/s1. The molecule has 0 amide bonds. The van der Waals surface area contributed by atoms with Gasteiger partial charge in [-0.15, -0.1) is 0 Å². The summed E-state index contributed by atoms with van der Waals surface area (Å²) < 4.78 is 11.6. The highest BCUT2D eigenvalue weighted by Crippen LogP contribution is 2.38. The molecule has 1 aromatic heterocycles. The van der Waals surface area contributed by atoms with Crippen LogP contribution in [0.15, 0.2) is 0 Å². The largest absolute Gasteiger partial charge is 0.505 e. The molecule has 1 aliphatic rings. The lowest BCUT2D eigenvalue weighted by Crippen LogP contribution is -2.23. The molecule has 1 fully saturated rings. The van der Waals surface area contributed by atoms with Gasteiger partial charge in [-0.25, -0.2) is 4.79 Å². The van der Waals surface area contributed by atoms with Crippen LogP contribution in [0.1, 0.15) is 81.7 Å². The average molecular weight is 470 g/mol. The molecule has 8 nitrogen and oxygen atoms in total. The van der Waals surface area contributed by atoms with E-state index in [0.29, 0.717) is 12.2 Å². The fourth-order valence-corrected chi connectivity index (χ4v) is 4.57. The smallest absolute Gasteiger partial charge is 0.338 e. The van der Waals surface area contributed by atoms with E-state index >= 15 is 0 Å². The van der Waals surface area contributed by atoms with Crippen LogP contribution in [-0.4, -0.2) is 56.3 Å². The molecule has 2 atom stereocenters. The Labute approximate surface area is 193 Å². The van der Waals surface area contributed by atoms with Gasteiger partial charge in [0.15, 0.2) is 17.6 Å². The van der Waals surface area contributed by atoms with Crippen LogP contribution in [0.3, 0.4) is 0 Å². The normalized spacial score (nSPS) is 19.1. The molecule has 2 heterocycles. The van der Waals surface area contributed by atoms with Gasteiger partial charge in [-0.2, -0.15) is 11.8 Å². The summed E-state index contributed by atoms with van der Waals surface area (Å²) in [5.74, 6) is -3.31. The van der Waals surface area contributed by atoms with Crippen molar-refractivity contribution in [3.05, 3.63) is 11.3 Å². The SMILES string of the molecule is CSCCc1c(O)c(C(=O)C[C@@H]2OC(C)(C)OC2=O)c(O)n1C(=O)CC(C)CC(C)(C)C. The third-order valence-electron chi connectivity index (χ3n) is 5.18. The molecule has 1 aromatic rings. The minimum absolute atomic E-state index is 0.0348. The number of ketones is 1. The molecule has 180 valence electrons. The second-order valence-electron chi connectivity index (χ2n) is 10.1. The summed E-state index contributed by atoms with van der Waals surface area (Å²) in [6, 6.07) is 0. The van der Waals surface area contributed by atoms with Crippen molar-refractivity contribution in [2.75, 3.05) is 12.0 Å². The minimum Gasteiger partial charge on any atom is -0.505 e. The number of esters is 1. The second-order valence-corrected chi connectivity index (χ2v) is 11.1. The highest BCUT2D eigenvalue weighted by molar-refractivity contribution is 7.98. The van der Waals surface area contributed by atoms with Gasteiger partial charge in [0.1, 0.15) is 5.56 Å². The van der Waals surface area contributed by atoms with E-state index in [9.17, 15) is 24.6 Å². The topological polar surface area (TPSA) is 115 Å². The van der Waals surface area contributed by atoms with Crippen LogP contribution in [0, 0.1) is 11.3 Å². The number of thioether (sulfide) groups is 1. The van der Waals surface area contributed by atoms with Crippen LogP contribution >= 0.6 is 11.8 Å². The van der Waals surface area contributed by atoms with E-state index in [1.165, 1.54) is 11.8 Å². The Balaban J connectivity index is 2.34. The Morgan fingerprint density at radius 1 is 1.25 bits per heavy atom. The van der Waals surface area contributed by atoms with Gasteiger partial charge in [0.2, 0.25) is 17.6 Å². The van der Waals surface area contributed by atoms with E-state index in [1.54, 1.807) is 13.8 Å². The van der Waals surface area contributed by atoms with Crippen molar-refractivity contribution in [3.63, 3.8) is 0 Å². The maximum atomic E-state index is 13.1. The lowest BCUT2D eigenvalue weighted by atomic mass is 9.84. The molecule has 1 saturated heterocycles. The molecule has 0 aliphatic carbocycles. The lowest BCUT2D eigenvalue weighted by Gasteiger charge is -2.23. The maximum absolute atomic E-state index is 13.1. The number of aromatic nitrogens is 1. The van der Waals surface area contributed by atoms with E-state index in [4.69, 9.17) is 9.47 Å². The van der Waals surface area contributed by atoms with Crippen LogP contribution in [0.4, 0.5) is 0 Å². The van der Waals surface area contributed by atoms with Crippen molar-refractivity contribution < 1.29 is 34.1 Å². The zero-order chi connectivity index (χ0) is 24.4. The molecule has 0 radical (unpaired) electrons. The van der Waals surface area contributed by atoms with Crippen LogP contribution in [0.25, 0.3) is 0 Å². The third-order valence-corrected chi connectivity index (χ3v) is 5.79. The Hall–Kier alpha value is -2.00. The van der Waals surface area contributed by atoms with Gasteiger partial charge < -0.3 is 19.7 Å². The number of hydrogen-bond donors (Lipinski definition) is 2. The van der Waals surface area contributed by atoms with E-state index in [2.05, 4.69) is 20.8 Å². The number of ether oxygens (including phenoxy) is 2. The summed E-state index contributed by atoms with van der Waals surface area (Å²) in [7, 11) is 0. The fraction of sp³-hybridized carbons (Fsp3) is 0.696. The highest BCUT2D eigenvalue weighted by atomic mass is 32.2. The fourth-order valence-electron chi connectivity index (χ4n) is 4.18. The predicted octanol–water partition coefficient (Wildman–Crippen LogP) is 4.16. The Bertz CT molecular complexity index is 882. The number of carbonyl (C=O) groups is 3. The molecular formula is C23H35NO7S. The van der Waals surface area contributed by atoms with E-state index in [-0.39, 0.29) is 34.9 Å². The molecule has 0 spiro atoms. The van der Waals surface area contributed by atoms with Gasteiger partial charge in [0, 0.05) is 33.1 Å². The van der Waals surface area contributed by atoms with Gasteiger partial charge >= 0.3 is 5.97 Å². The highest BCUT2D eigenvalue weighted by Gasteiger charge is 2.43. The van der Waals surface area contributed by atoms with E-state index in [1.807, 2.05) is 13.2 Å². The van der Waals surface area contributed by atoms with Gasteiger partial charge in [-0.05, 0) is 29.8 Å².